The quantitative estimate of drug-likeness (QED) is 0.792. The molecule has 2 atom stereocenters. The van der Waals surface area contributed by atoms with Gasteiger partial charge in [-0.1, -0.05) is 23.8 Å². The van der Waals surface area contributed by atoms with E-state index in [9.17, 15) is 9.59 Å². The molecule has 3 heteroatoms. The van der Waals surface area contributed by atoms with Crippen LogP contribution in [0.25, 0.3) is 0 Å². The first-order chi connectivity index (χ1) is 9.62. The predicted octanol–water partition coefficient (Wildman–Crippen LogP) is 3.16. The van der Waals surface area contributed by atoms with Crippen LogP contribution in [0.5, 0.6) is 0 Å². The van der Waals surface area contributed by atoms with Crippen LogP contribution < -0.4 is 0 Å². The Balaban J connectivity index is 1.58. The maximum atomic E-state index is 11.9. The van der Waals surface area contributed by atoms with Crippen molar-refractivity contribution >= 4 is 11.8 Å². The molecule has 2 aliphatic carbocycles. The molecule has 0 heterocycles. The maximum Gasteiger partial charge on any atom is 0.338 e. The smallest absolute Gasteiger partial charge is 0.338 e. The SMILES string of the molecule is CC1=CC(=O)CC[C@]12C[C@H]2COC(=O)c1ccccc1. The minimum absolute atomic E-state index is 0.130. The molecule has 0 aliphatic heterocycles. The zero-order valence-electron chi connectivity index (χ0n) is 11.6. The van der Waals surface area contributed by atoms with Crippen molar-refractivity contribution in [3.63, 3.8) is 0 Å². The Bertz CT molecular complexity index is 573. The van der Waals surface area contributed by atoms with E-state index in [0.717, 1.165) is 18.4 Å². The topological polar surface area (TPSA) is 43.4 Å². The third-order valence-corrected chi connectivity index (χ3v) is 4.64. The number of benzene rings is 1. The highest BCUT2D eigenvalue weighted by molar-refractivity contribution is 5.92. The molecule has 3 rings (SSSR count). The van der Waals surface area contributed by atoms with Crippen LogP contribution in [0.15, 0.2) is 42.0 Å². The number of carbonyl (C=O) groups excluding carboxylic acids is 2. The average molecular weight is 270 g/mol. The summed E-state index contributed by atoms with van der Waals surface area (Å²) in [5.41, 5.74) is 1.88. The molecule has 0 unspecified atom stereocenters. The molecule has 0 bridgehead atoms. The van der Waals surface area contributed by atoms with Gasteiger partial charge in [-0.15, -0.1) is 0 Å². The number of esters is 1. The van der Waals surface area contributed by atoms with Gasteiger partial charge in [-0.05, 0) is 43.4 Å². The van der Waals surface area contributed by atoms with Gasteiger partial charge in [0.15, 0.2) is 5.78 Å². The van der Waals surface area contributed by atoms with Crippen LogP contribution in [-0.4, -0.2) is 18.4 Å². The molecule has 2 aliphatic rings. The van der Waals surface area contributed by atoms with Crippen molar-refractivity contribution in [2.24, 2.45) is 11.3 Å². The minimum Gasteiger partial charge on any atom is -0.462 e. The molecule has 104 valence electrons. The second-order valence-electron chi connectivity index (χ2n) is 5.82. The maximum absolute atomic E-state index is 11.9. The Morgan fingerprint density at radius 3 is 2.80 bits per heavy atom. The first-order valence-electron chi connectivity index (χ1n) is 7.05. The van der Waals surface area contributed by atoms with E-state index in [1.54, 1.807) is 18.2 Å². The van der Waals surface area contributed by atoms with Crippen LogP contribution >= 0.6 is 0 Å². The monoisotopic (exact) mass is 270 g/mol. The number of ether oxygens (including phenoxy) is 1. The van der Waals surface area contributed by atoms with Crippen molar-refractivity contribution in [2.45, 2.75) is 26.2 Å². The van der Waals surface area contributed by atoms with Crippen LogP contribution in [0.4, 0.5) is 0 Å². The van der Waals surface area contributed by atoms with Crippen LogP contribution in [0.1, 0.15) is 36.5 Å². The number of carbonyl (C=O) groups is 2. The van der Waals surface area contributed by atoms with Crippen molar-refractivity contribution in [2.75, 3.05) is 6.61 Å². The highest BCUT2D eigenvalue weighted by atomic mass is 16.5. The molecule has 0 saturated heterocycles. The molecule has 20 heavy (non-hydrogen) atoms. The summed E-state index contributed by atoms with van der Waals surface area (Å²) >= 11 is 0. The van der Waals surface area contributed by atoms with Crippen molar-refractivity contribution in [3.05, 3.63) is 47.5 Å². The molecule has 1 fully saturated rings. The molecular weight excluding hydrogens is 252 g/mol. The zero-order valence-corrected chi connectivity index (χ0v) is 11.6. The molecule has 1 aromatic carbocycles. The lowest BCUT2D eigenvalue weighted by Crippen LogP contribution is -2.18. The van der Waals surface area contributed by atoms with E-state index in [2.05, 4.69) is 0 Å². The summed E-state index contributed by atoms with van der Waals surface area (Å²) < 4.78 is 5.40. The van der Waals surface area contributed by atoms with Crippen molar-refractivity contribution < 1.29 is 14.3 Å². The minimum atomic E-state index is -0.263. The van der Waals surface area contributed by atoms with Gasteiger partial charge in [0.2, 0.25) is 0 Å². The molecule has 0 amide bonds. The van der Waals surface area contributed by atoms with E-state index < -0.39 is 0 Å². The number of rotatable bonds is 3. The average Bonchev–Trinajstić information content (AvgIpc) is 3.17. The lowest BCUT2D eigenvalue weighted by molar-refractivity contribution is -0.115. The number of ketones is 1. The van der Waals surface area contributed by atoms with Gasteiger partial charge in [-0.3, -0.25) is 4.79 Å². The van der Waals surface area contributed by atoms with E-state index in [0.29, 0.717) is 24.5 Å². The Morgan fingerprint density at radius 1 is 1.35 bits per heavy atom. The van der Waals surface area contributed by atoms with Crippen LogP contribution in [0.2, 0.25) is 0 Å². The summed E-state index contributed by atoms with van der Waals surface area (Å²) in [5.74, 6) is 0.334. The van der Waals surface area contributed by atoms with Gasteiger partial charge in [0.1, 0.15) is 0 Å². The van der Waals surface area contributed by atoms with Gasteiger partial charge in [0.25, 0.3) is 0 Å². The Labute approximate surface area is 118 Å². The number of hydrogen-bond donors (Lipinski definition) is 0. The van der Waals surface area contributed by atoms with Gasteiger partial charge >= 0.3 is 5.97 Å². The molecule has 1 saturated carbocycles. The second kappa shape index (κ2) is 4.89. The molecule has 1 spiro atoms. The number of hydrogen-bond acceptors (Lipinski definition) is 3. The zero-order chi connectivity index (χ0) is 14.2. The predicted molar refractivity (Wildman–Crippen MR) is 75.3 cm³/mol. The summed E-state index contributed by atoms with van der Waals surface area (Å²) in [5, 5.41) is 0. The van der Waals surface area contributed by atoms with E-state index in [4.69, 9.17) is 4.74 Å². The third-order valence-electron chi connectivity index (χ3n) is 4.64. The Morgan fingerprint density at radius 2 is 2.10 bits per heavy atom. The molecule has 0 N–H and O–H groups in total. The van der Waals surface area contributed by atoms with Crippen molar-refractivity contribution in [3.8, 4) is 0 Å². The van der Waals surface area contributed by atoms with Crippen LogP contribution in [0, 0.1) is 11.3 Å². The number of allylic oxidation sites excluding steroid dienone is 2. The fourth-order valence-electron chi connectivity index (χ4n) is 3.22. The second-order valence-corrected chi connectivity index (χ2v) is 5.82. The molecule has 0 aromatic heterocycles. The highest BCUT2D eigenvalue weighted by Gasteiger charge is 2.56. The summed E-state index contributed by atoms with van der Waals surface area (Å²) in [6, 6.07) is 9.05. The van der Waals surface area contributed by atoms with E-state index in [-0.39, 0.29) is 17.2 Å². The molecular formula is C17H18O3. The summed E-state index contributed by atoms with van der Waals surface area (Å²) in [6.07, 6.45) is 4.33. The van der Waals surface area contributed by atoms with Crippen molar-refractivity contribution in [1.29, 1.82) is 0 Å². The van der Waals surface area contributed by atoms with Gasteiger partial charge in [0.05, 0.1) is 12.2 Å². The largest absolute Gasteiger partial charge is 0.462 e. The fraction of sp³-hybridized carbons (Fsp3) is 0.412. The molecule has 1 aromatic rings. The first-order valence-corrected chi connectivity index (χ1v) is 7.05. The highest BCUT2D eigenvalue weighted by Crippen LogP contribution is 2.62. The van der Waals surface area contributed by atoms with Gasteiger partial charge in [-0.25, -0.2) is 4.79 Å². The van der Waals surface area contributed by atoms with Crippen molar-refractivity contribution in [1.82, 2.24) is 0 Å². The van der Waals surface area contributed by atoms with E-state index in [1.807, 2.05) is 25.1 Å². The van der Waals surface area contributed by atoms with Gasteiger partial charge in [-0.2, -0.15) is 0 Å². The summed E-state index contributed by atoms with van der Waals surface area (Å²) in [7, 11) is 0. The molecule has 3 nitrogen and oxygen atoms in total. The summed E-state index contributed by atoms with van der Waals surface area (Å²) in [4.78, 5) is 23.3. The van der Waals surface area contributed by atoms with E-state index in [1.165, 1.54) is 0 Å². The molecule has 0 radical (unpaired) electrons. The van der Waals surface area contributed by atoms with Crippen LogP contribution in [0.3, 0.4) is 0 Å². The lowest BCUT2D eigenvalue weighted by atomic mass is 9.83. The normalized spacial score (nSPS) is 28.1. The lowest BCUT2D eigenvalue weighted by Gasteiger charge is -2.22. The van der Waals surface area contributed by atoms with E-state index >= 15 is 0 Å². The van der Waals surface area contributed by atoms with Crippen LogP contribution in [-0.2, 0) is 9.53 Å². The standard InChI is InChI=1S/C17H18O3/c1-12-9-15(18)7-8-17(12)10-14(17)11-20-16(19)13-5-3-2-4-6-13/h2-6,9,14H,7-8,10-11H2,1H3/t14-,17-/m0/s1. The van der Waals surface area contributed by atoms with Gasteiger partial charge in [0, 0.05) is 12.3 Å². The Hall–Kier alpha value is -1.90. The first kappa shape index (κ1) is 13.1. The third kappa shape index (κ3) is 2.28. The fourth-order valence-corrected chi connectivity index (χ4v) is 3.22. The summed E-state index contributed by atoms with van der Waals surface area (Å²) in [6.45, 7) is 2.48. The Kier molecular flexibility index (Phi) is 3.20. The van der Waals surface area contributed by atoms with Gasteiger partial charge < -0.3 is 4.74 Å².